The van der Waals surface area contributed by atoms with E-state index in [2.05, 4.69) is 15.3 Å². The van der Waals surface area contributed by atoms with Gasteiger partial charge in [-0.15, -0.1) is 5.01 Å². The molecule has 1 aliphatic rings. The number of rotatable bonds is 1. The van der Waals surface area contributed by atoms with Crippen molar-refractivity contribution < 1.29 is 9.58 Å². The first kappa shape index (κ1) is 7.75. The maximum Gasteiger partial charge on any atom is 0.267 e. The fourth-order valence-electron chi connectivity index (χ4n) is 0.673. The molecule has 0 aliphatic carbocycles. The van der Waals surface area contributed by atoms with Gasteiger partial charge in [0.15, 0.2) is 18.4 Å². The Morgan fingerprint density at radius 2 is 2.45 bits per heavy atom. The van der Waals surface area contributed by atoms with E-state index in [1.807, 2.05) is 13.8 Å². The van der Waals surface area contributed by atoms with Crippen LogP contribution in [0.1, 0.15) is 13.8 Å². The maximum atomic E-state index is 10.6. The molecule has 0 saturated carbocycles. The van der Waals surface area contributed by atoms with E-state index in [0.717, 1.165) is 5.71 Å². The van der Waals surface area contributed by atoms with E-state index in [9.17, 15) is 4.79 Å². The fraction of sp³-hybridized carbons (Fsp3) is 0.667. The Labute approximate surface area is 64.8 Å². The number of carbonyl (C=O) groups is 1. The molecule has 0 aromatic heterocycles. The molecule has 1 amide bonds. The molecule has 5 nitrogen and oxygen atoms in total. The van der Waals surface area contributed by atoms with Crippen LogP contribution >= 0.6 is 0 Å². The van der Waals surface area contributed by atoms with Crippen LogP contribution in [0.3, 0.4) is 0 Å². The van der Waals surface area contributed by atoms with Crippen LogP contribution in [0, 0.1) is 0 Å². The Hall–Kier alpha value is -1.35. The van der Waals surface area contributed by atoms with Gasteiger partial charge in [0.25, 0.3) is 5.91 Å². The Morgan fingerprint density at radius 1 is 1.73 bits per heavy atom. The third-order valence-corrected chi connectivity index (χ3v) is 1.16. The van der Waals surface area contributed by atoms with Crippen LogP contribution in [0.4, 0.5) is 0 Å². The van der Waals surface area contributed by atoms with Crippen LogP contribution in [0.2, 0.25) is 0 Å². The molecule has 0 aromatic carbocycles. The second kappa shape index (κ2) is 3.16. The molecule has 1 aliphatic heterocycles. The van der Waals surface area contributed by atoms with Gasteiger partial charge in [0.1, 0.15) is 0 Å². The van der Waals surface area contributed by atoms with Crippen molar-refractivity contribution in [3.8, 4) is 0 Å². The van der Waals surface area contributed by atoms with Gasteiger partial charge in [0.05, 0.1) is 0 Å². The molecule has 60 valence electrons. The van der Waals surface area contributed by atoms with Crippen molar-refractivity contribution in [1.82, 2.24) is 10.3 Å². The van der Waals surface area contributed by atoms with Gasteiger partial charge in [-0.05, 0) is 0 Å². The average molecular weight is 155 g/mol. The molecule has 0 spiro atoms. The highest BCUT2D eigenvalue weighted by Gasteiger charge is 2.23. The molecular formula is C6H11N4O+. The molecular weight excluding hydrogens is 144 g/mol. The fourth-order valence-corrected chi connectivity index (χ4v) is 0.673. The summed E-state index contributed by atoms with van der Waals surface area (Å²) < 4.78 is 0. The van der Waals surface area contributed by atoms with Crippen molar-refractivity contribution in [3.05, 3.63) is 0 Å². The molecule has 0 bridgehead atoms. The number of nitrogens with one attached hydrogen (secondary N) is 1. The number of hydrogen-bond donors (Lipinski definition) is 1. The van der Waals surface area contributed by atoms with Gasteiger partial charge >= 0.3 is 0 Å². The lowest BCUT2D eigenvalue weighted by Crippen LogP contribution is -2.16. The largest absolute Gasteiger partial charge is 0.315 e. The van der Waals surface area contributed by atoms with Gasteiger partial charge in [0.2, 0.25) is 5.71 Å². The molecule has 0 atom stereocenters. The molecule has 11 heavy (non-hydrogen) atoms. The van der Waals surface area contributed by atoms with Crippen molar-refractivity contribution in [3.63, 3.8) is 0 Å². The lowest BCUT2D eigenvalue weighted by molar-refractivity contribution is -0.142. The van der Waals surface area contributed by atoms with Crippen molar-refractivity contribution in [2.24, 2.45) is 5.22 Å². The van der Waals surface area contributed by atoms with E-state index < -0.39 is 0 Å². The van der Waals surface area contributed by atoms with Gasteiger partial charge in [-0.3, -0.25) is 4.79 Å². The topological polar surface area (TPSA) is 58.8 Å². The number of hydrogen-bond acceptors (Lipinski definition) is 2. The first-order valence-electron chi connectivity index (χ1n) is 3.42. The highest BCUT2D eigenvalue weighted by atomic mass is 16.2. The summed E-state index contributed by atoms with van der Waals surface area (Å²) in [6, 6.07) is 0. The summed E-state index contributed by atoms with van der Waals surface area (Å²) in [6.45, 7) is 4.50. The molecule has 1 fully saturated rings. The van der Waals surface area contributed by atoms with Gasteiger partial charge < -0.3 is 5.32 Å². The van der Waals surface area contributed by atoms with E-state index in [-0.39, 0.29) is 5.91 Å². The molecule has 0 aromatic rings. The van der Waals surface area contributed by atoms with Gasteiger partial charge in [-0.25, -0.2) is 0 Å². The smallest absolute Gasteiger partial charge is 0.267 e. The zero-order valence-electron chi connectivity index (χ0n) is 6.66. The minimum absolute atomic E-state index is 0.00212. The Bertz CT molecular complexity index is 225. The summed E-state index contributed by atoms with van der Waals surface area (Å²) in [5.74, 6) is -0.00212. The number of carbonyl (C=O) groups excluding carboxylic acids is 1. The SMILES string of the molecule is CC(C)=[N+]=NN1CNC(=O)C1. The van der Waals surface area contributed by atoms with Crippen LogP contribution in [-0.4, -0.2) is 34.6 Å². The van der Waals surface area contributed by atoms with Crippen LogP contribution in [-0.2, 0) is 4.79 Å². The summed E-state index contributed by atoms with van der Waals surface area (Å²) in [7, 11) is 0. The monoisotopic (exact) mass is 155 g/mol. The lowest BCUT2D eigenvalue weighted by Gasteiger charge is -1.89. The quantitative estimate of drug-likeness (QED) is 0.313. The predicted molar refractivity (Wildman–Crippen MR) is 38.8 cm³/mol. The Kier molecular flexibility index (Phi) is 2.23. The van der Waals surface area contributed by atoms with E-state index in [1.54, 1.807) is 5.01 Å². The van der Waals surface area contributed by atoms with Gasteiger partial charge in [-0.2, -0.15) is 0 Å². The molecule has 0 unspecified atom stereocenters. The molecule has 1 rings (SSSR count). The van der Waals surface area contributed by atoms with E-state index >= 15 is 0 Å². The average Bonchev–Trinajstić information content (AvgIpc) is 2.31. The van der Waals surface area contributed by atoms with Crippen molar-refractivity contribution >= 4 is 11.6 Å². The molecule has 0 radical (unpaired) electrons. The zero-order chi connectivity index (χ0) is 8.27. The van der Waals surface area contributed by atoms with Crippen LogP contribution < -0.4 is 5.32 Å². The molecule has 1 saturated heterocycles. The van der Waals surface area contributed by atoms with E-state index in [4.69, 9.17) is 0 Å². The number of nitrogens with zero attached hydrogens (tertiary/aromatic N) is 3. The second-order valence-corrected chi connectivity index (χ2v) is 2.56. The van der Waals surface area contributed by atoms with Gasteiger partial charge in [-0.1, -0.05) is 4.79 Å². The highest BCUT2D eigenvalue weighted by molar-refractivity contribution is 5.79. The van der Waals surface area contributed by atoms with Crippen LogP contribution in [0.5, 0.6) is 0 Å². The molecule has 1 N–H and O–H groups in total. The second-order valence-electron chi connectivity index (χ2n) is 2.56. The summed E-state index contributed by atoms with van der Waals surface area (Å²) in [5, 5.41) is 8.01. The third-order valence-electron chi connectivity index (χ3n) is 1.16. The summed E-state index contributed by atoms with van der Waals surface area (Å²) >= 11 is 0. The summed E-state index contributed by atoms with van der Waals surface area (Å²) in [6.07, 6.45) is 0. The van der Waals surface area contributed by atoms with Crippen molar-refractivity contribution in [1.29, 1.82) is 0 Å². The minimum Gasteiger partial charge on any atom is -0.315 e. The summed E-state index contributed by atoms with van der Waals surface area (Å²) in [4.78, 5) is 14.5. The Morgan fingerprint density at radius 3 is 2.91 bits per heavy atom. The normalized spacial score (nSPS) is 15.8. The van der Waals surface area contributed by atoms with Crippen LogP contribution in [0.25, 0.3) is 0 Å². The number of amides is 1. The van der Waals surface area contributed by atoms with Gasteiger partial charge in [0, 0.05) is 13.8 Å². The van der Waals surface area contributed by atoms with Crippen LogP contribution in [0.15, 0.2) is 5.22 Å². The van der Waals surface area contributed by atoms with E-state index in [1.165, 1.54) is 0 Å². The standard InChI is InChI=1S/C6H10N4O/c1-5(2)8-9-10-3-6(11)7-4-10/h3-4H2,1-2H3/p+1. The predicted octanol–water partition coefficient (Wildman–Crippen LogP) is -0.568. The first-order chi connectivity index (χ1) is 5.18. The highest BCUT2D eigenvalue weighted by Crippen LogP contribution is 1.91. The summed E-state index contributed by atoms with van der Waals surface area (Å²) in [5.41, 5.74) is 0.879. The molecule has 1 heterocycles. The molecule has 5 heteroatoms. The minimum atomic E-state index is -0.00212. The maximum absolute atomic E-state index is 10.6. The Balaban J connectivity index is 2.52. The first-order valence-corrected chi connectivity index (χ1v) is 3.42. The van der Waals surface area contributed by atoms with Crippen molar-refractivity contribution in [2.75, 3.05) is 13.2 Å². The lowest BCUT2D eigenvalue weighted by atomic mass is 10.5. The van der Waals surface area contributed by atoms with Crippen molar-refractivity contribution in [2.45, 2.75) is 13.8 Å². The third kappa shape index (κ3) is 2.39. The zero-order valence-corrected chi connectivity index (χ0v) is 6.66. The van der Waals surface area contributed by atoms with E-state index in [0.29, 0.717) is 13.2 Å².